The van der Waals surface area contributed by atoms with Crippen LogP contribution in [0.15, 0.2) is 83.3 Å². The van der Waals surface area contributed by atoms with E-state index in [-0.39, 0.29) is 12.2 Å². The van der Waals surface area contributed by atoms with Crippen LogP contribution in [0.4, 0.5) is 5.69 Å². The van der Waals surface area contributed by atoms with Gasteiger partial charge in [0, 0.05) is 16.6 Å². The Morgan fingerprint density at radius 3 is 2.38 bits per heavy atom. The third kappa shape index (κ3) is 6.73. The average Bonchev–Trinajstić information content (AvgIpc) is 2.73. The summed E-state index contributed by atoms with van der Waals surface area (Å²) in [5.41, 5.74) is 3.69. The molecule has 5 heteroatoms. The second-order valence-electron chi connectivity index (χ2n) is 6.56. The van der Waals surface area contributed by atoms with E-state index in [0.717, 1.165) is 21.3 Å². The first-order valence-corrected chi connectivity index (χ1v) is 10.4. The molecule has 0 heterocycles. The molecule has 0 aliphatic carbocycles. The Hall–Kier alpha value is -2.63. The van der Waals surface area contributed by atoms with Gasteiger partial charge in [-0.3, -0.25) is 0 Å². The molecule has 3 aromatic rings. The van der Waals surface area contributed by atoms with Crippen LogP contribution in [0.1, 0.15) is 28.4 Å². The van der Waals surface area contributed by atoms with Crippen LogP contribution in [0, 0.1) is 0 Å². The molecule has 0 amide bonds. The molecule has 0 aromatic heterocycles. The molecular weight excluding hydrogens is 430 g/mol. The molecule has 0 saturated carbocycles. The van der Waals surface area contributed by atoms with Crippen molar-refractivity contribution in [3.8, 4) is 0 Å². The summed E-state index contributed by atoms with van der Waals surface area (Å²) in [6, 6.07) is 25.5. The van der Waals surface area contributed by atoms with E-state index in [4.69, 9.17) is 9.47 Å². The number of benzene rings is 3. The van der Waals surface area contributed by atoms with Crippen LogP contribution in [-0.2, 0) is 22.5 Å². The van der Waals surface area contributed by atoms with Crippen molar-refractivity contribution in [1.29, 1.82) is 0 Å². The predicted molar refractivity (Wildman–Crippen MR) is 119 cm³/mol. The second kappa shape index (κ2) is 10.8. The van der Waals surface area contributed by atoms with Gasteiger partial charge in [0.05, 0.1) is 18.8 Å². The van der Waals surface area contributed by atoms with Gasteiger partial charge in [-0.2, -0.15) is 0 Å². The van der Waals surface area contributed by atoms with Crippen molar-refractivity contribution >= 4 is 27.6 Å². The number of carbonyl (C=O) groups excluding carboxylic acids is 1. The molecule has 29 heavy (non-hydrogen) atoms. The molecule has 0 radical (unpaired) electrons. The summed E-state index contributed by atoms with van der Waals surface area (Å²) >= 11 is 3.52. The highest BCUT2D eigenvalue weighted by atomic mass is 79.9. The molecule has 0 bridgehead atoms. The zero-order chi connectivity index (χ0) is 20.5. The summed E-state index contributed by atoms with van der Waals surface area (Å²) in [7, 11) is 0. The number of halogens is 1. The minimum absolute atomic E-state index is 0.224. The monoisotopic (exact) mass is 453 g/mol. The van der Waals surface area contributed by atoms with Crippen molar-refractivity contribution in [2.24, 2.45) is 0 Å². The van der Waals surface area contributed by atoms with Gasteiger partial charge in [0.15, 0.2) is 0 Å². The standard InChI is InChI=1S/C24H24BrNO3/c1-2-28-24(27)20-11-13-22(14-12-20)26-23(16-19-9-6-10-21(25)15-19)29-17-18-7-4-3-5-8-18/h3-15,23,26H,2,16-17H2,1H3. The van der Waals surface area contributed by atoms with E-state index >= 15 is 0 Å². The first kappa shape index (κ1) is 21.1. The first-order chi connectivity index (χ1) is 14.1. The van der Waals surface area contributed by atoms with Crippen LogP contribution < -0.4 is 5.32 Å². The topological polar surface area (TPSA) is 47.6 Å². The van der Waals surface area contributed by atoms with Gasteiger partial charge in [0.25, 0.3) is 0 Å². The maximum absolute atomic E-state index is 11.8. The number of hydrogen-bond donors (Lipinski definition) is 1. The van der Waals surface area contributed by atoms with Crippen LogP contribution in [0.5, 0.6) is 0 Å². The summed E-state index contributed by atoms with van der Waals surface area (Å²) < 4.78 is 12.2. The number of rotatable bonds is 9. The molecule has 4 nitrogen and oxygen atoms in total. The van der Waals surface area contributed by atoms with Gasteiger partial charge in [0.2, 0.25) is 0 Å². The minimum atomic E-state index is -0.315. The lowest BCUT2D eigenvalue weighted by Crippen LogP contribution is -2.25. The number of nitrogens with one attached hydrogen (secondary N) is 1. The third-order valence-electron chi connectivity index (χ3n) is 4.33. The van der Waals surface area contributed by atoms with Gasteiger partial charge in [-0.25, -0.2) is 4.79 Å². The fraction of sp³-hybridized carbons (Fsp3) is 0.208. The van der Waals surface area contributed by atoms with E-state index in [1.807, 2.05) is 54.6 Å². The Balaban J connectivity index is 1.70. The molecule has 0 aliphatic rings. The van der Waals surface area contributed by atoms with Crippen molar-refractivity contribution in [1.82, 2.24) is 0 Å². The predicted octanol–water partition coefficient (Wildman–Crippen LogP) is 5.82. The summed E-state index contributed by atoms with van der Waals surface area (Å²) in [6.45, 7) is 2.67. The lowest BCUT2D eigenvalue weighted by Gasteiger charge is -2.21. The van der Waals surface area contributed by atoms with Gasteiger partial charge < -0.3 is 14.8 Å². The van der Waals surface area contributed by atoms with Crippen molar-refractivity contribution < 1.29 is 14.3 Å². The van der Waals surface area contributed by atoms with Crippen LogP contribution in [0.2, 0.25) is 0 Å². The van der Waals surface area contributed by atoms with Crippen LogP contribution in [-0.4, -0.2) is 18.8 Å². The number of carbonyl (C=O) groups is 1. The highest BCUT2D eigenvalue weighted by Crippen LogP contribution is 2.18. The fourth-order valence-corrected chi connectivity index (χ4v) is 3.35. The molecule has 0 saturated heterocycles. The molecule has 150 valence electrons. The van der Waals surface area contributed by atoms with Crippen LogP contribution in [0.3, 0.4) is 0 Å². The average molecular weight is 454 g/mol. The Morgan fingerprint density at radius 2 is 1.69 bits per heavy atom. The van der Waals surface area contributed by atoms with Crippen LogP contribution in [0.25, 0.3) is 0 Å². The fourth-order valence-electron chi connectivity index (χ4n) is 2.90. The van der Waals surface area contributed by atoms with Gasteiger partial charge in [-0.15, -0.1) is 0 Å². The lowest BCUT2D eigenvalue weighted by atomic mass is 10.1. The highest BCUT2D eigenvalue weighted by molar-refractivity contribution is 9.10. The Kier molecular flexibility index (Phi) is 7.85. The van der Waals surface area contributed by atoms with E-state index in [1.165, 1.54) is 0 Å². The Morgan fingerprint density at radius 1 is 0.966 bits per heavy atom. The molecular formula is C24H24BrNO3. The largest absolute Gasteiger partial charge is 0.462 e. The molecule has 0 spiro atoms. The highest BCUT2D eigenvalue weighted by Gasteiger charge is 2.12. The summed E-state index contributed by atoms with van der Waals surface area (Å²) in [4.78, 5) is 11.8. The van der Waals surface area contributed by atoms with E-state index in [9.17, 15) is 4.79 Å². The first-order valence-electron chi connectivity index (χ1n) is 9.57. The van der Waals surface area contributed by atoms with E-state index in [0.29, 0.717) is 25.2 Å². The summed E-state index contributed by atoms with van der Waals surface area (Å²) in [5.74, 6) is -0.315. The molecule has 3 rings (SSSR count). The SMILES string of the molecule is CCOC(=O)c1ccc(NC(Cc2cccc(Br)c2)OCc2ccccc2)cc1. The van der Waals surface area contributed by atoms with E-state index in [2.05, 4.69) is 33.4 Å². The molecule has 0 fully saturated rings. The number of ether oxygens (including phenoxy) is 2. The van der Waals surface area contributed by atoms with Gasteiger partial charge in [-0.05, 0) is 54.4 Å². The number of anilines is 1. The normalized spacial score (nSPS) is 11.7. The molecule has 3 aromatic carbocycles. The summed E-state index contributed by atoms with van der Waals surface area (Å²) in [5, 5.41) is 3.43. The van der Waals surface area contributed by atoms with E-state index in [1.54, 1.807) is 19.1 Å². The Labute approximate surface area is 180 Å². The zero-order valence-electron chi connectivity index (χ0n) is 16.3. The maximum atomic E-state index is 11.8. The van der Waals surface area contributed by atoms with E-state index < -0.39 is 0 Å². The molecule has 1 atom stereocenters. The van der Waals surface area contributed by atoms with Crippen molar-refractivity contribution in [3.05, 3.63) is 100 Å². The second-order valence-corrected chi connectivity index (χ2v) is 7.48. The van der Waals surface area contributed by atoms with Gasteiger partial charge in [-0.1, -0.05) is 58.4 Å². The smallest absolute Gasteiger partial charge is 0.338 e. The number of hydrogen-bond acceptors (Lipinski definition) is 4. The number of esters is 1. The van der Waals surface area contributed by atoms with Crippen molar-refractivity contribution in [2.45, 2.75) is 26.2 Å². The van der Waals surface area contributed by atoms with Crippen LogP contribution >= 0.6 is 15.9 Å². The van der Waals surface area contributed by atoms with Gasteiger partial charge in [0.1, 0.15) is 6.23 Å². The Bertz CT molecular complexity index is 913. The third-order valence-corrected chi connectivity index (χ3v) is 4.82. The molecule has 1 N–H and O–H groups in total. The lowest BCUT2D eigenvalue weighted by molar-refractivity contribution is 0.0526. The minimum Gasteiger partial charge on any atom is -0.462 e. The van der Waals surface area contributed by atoms with Gasteiger partial charge >= 0.3 is 5.97 Å². The van der Waals surface area contributed by atoms with Crippen molar-refractivity contribution in [3.63, 3.8) is 0 Å². The zero-order valence-corrected chi connectivity index (χ0v) is 17.9. The maximum Gasteiger partial charge on any atom is 0.338 e. The molecule has 1 unspecified atom stereocenters. The quantitative estimate of drug-likeness (QED) is 0.327. The molecule has 0 aliphatic heterocycles. The van der Waals surface area contributed by atoms with Crippen molar-refractivity contribution in [2.75, 3.05) is 11.9 Å². The summed E-state index contributed by atoms with van der Waals surface area (Å²) in [6.07, 6.45) is 0.476.